The van der Waals surface area contributed by atoms with Gasteiger partial charge in [-0.15, -0.1) is 0 Å². The third-order valence-corrected chi connectivity index (χ3v) is 3.86. The quantitative estimate of drug-likeness (QED) is 0.914. The zero-order chi connectivity index (χ0) is 14.5. The number of aliphatic hydroxyl groups excluding tert-OH is 1. The number of benzene rings is 1. The Morgan fingerprint density at radius 2 is 2.05 bits per heavy atom. The number of amides is 1. The van der Waals surface area contributed by atoms with E-state index in [0.717, 1.165) is 28.8 Å². The molecule has 0 bridgehead atoms. The monoisotopic (exact) mass is 342 g/mol. The first-order chi connectivity index (χ1) is 9.65. The maximum Gasteiger partial charge on any atom is 0.409 e. The molecule has 1 amide bonds. The minimum absolute atomic E-state index is 0.0146. The van der Waals surface area contributed by atoms with E-state index in [2.05, 4.69) is 20.8 Å². The Morgan fingerprint density at radius 1 is 1.35 bits per heavy atom. The molecule has 0 atom stereocenters. The molecule has 6 heteroatoms. The Morgan fingerprint density at radius 3 is 2.65 bits per heavy atom. The van der Waals surface area contributed by atoms with Gasteiger partial charge in [0.15, 0.2) is 0 Å². The molecule has 0 saturated carbocycles. The maximum absolute atomic E-state index is 11.7. The topological polar surface area (TPSA) is 53.0 Å². The minimum Gasteiger partial charge on any atom is -0.450 e. The van der Waals surface area contributed by atoms with Gasteiger partial charge in [-0.3, -0.25) is 0 Å². The van der Waals surface area contributed by atoms with Crippen molar-refractivity contribution in [2.24, 2.45) is 0 Å². The van der Waals surface area contributed by atoms with Crippen LogP contribution in [0.3, 0.4) is 0 Å². The van der Waals surface area contributed by atoms with Gasteiger partial charge in [-0.05, 0) is 19.1 Å². The summed E-state index contributed by atoms with van der Waals surface area (Å²) in [5.74, 6) is 0. The third kappa shape index (κ3) is 3.43. The van der Waals surface area contributed by atoms with E-state index in [9.17, 15) is 9.90 Å². The van der Waals surface area contributed by atoms with Gasteiger partial charge in [-0.1, -0.05) is 22.0 Å². The molecule has 1 aliphatic heterocycles. The highest BCUT2D eigenvalue weighted by molar-refractivity contribution is 9.10. The molecule has 1 saturated heterocycles. The van der Waals surface area contributed by atoms with E-state index in [0.29, 0.717) is 19.7 Å². The number of anilines is 1. The van der Waals surface area contributed by atoms with Crippen LogP contribution in [-0.2, 0) is 11.3 Å². The van der Waals surface area contributed by atoms with Crippen LogP contribution in [-0.4, -0.2) is 48.9 Å². The molecule has 110 valence electrons. The molecular weight excluding hydrogens is 324 g/mol. The van der Waals surface area contributed by atoms with Crippen molar-refractivity contribution in [3.05, 3.63) is 28.2 Å². The van der Waals surface area contributed by atoms with E-state index in [1.165, 1.54) is 0 Å². The molecule has 1 aromatic rings. The van der Waals surface area contributed by atoms with Crippen LogP contribution in [0.5, 0.6) is 0 Å². The van der Waals surface area contributed by atoms with Gasteiger partial charge >= 0.3 is 6.09 Å². The van der Waals surface area contributed by atoms with Gasteiger partial charge in [-0.2, -0.15) is 0 Å². The Bertz CT molecular complexity index is 473. The average Bonchev–Trinajstić information content (AvgIpc) is 2.47. The summed E-state index contributed by atoms with van der Waals surface area (Å²) in [5.41, 5.74) is 1.92. The van der Waals surface area contributed by atoms with Crippen molar-refractivity contribution < 1.29 is 14.6 Å². The zero-order valence-electron chi connectivity index (χ0n) is 11.5. The van der Waals surface area contributed by atoms with Crippen LogP contribution in [0, 0.1) is 0 Å². The molecule has 5 nitrogen and oxygen atoms in total. The lowest BCUT2D eigenvalue weighted by Gasteiger charge is -2.36. The molecule has 2 rings (SSSR count). The van der Waals surface area contributed by atoms with Crippen molar-refractivity contribution >= 4 is 27.7 Å². The second kappa shape index (κ2) is 6.95. The molecule has 1 aliphatic rings. The second-order valence-corrected chi connectivity index (χ2v) is 5.52. The lowest BCUT2D eigenvalue weighted by Crippen LogP contribution is -2.49. The maximum atomic E-state index is 11.7. The molecule has 1 fully saturated rings. The number of nitrogens with zero attached hydrogens (tertiary/aromatic N) is 2. The highest BCUT2D eigenvalue weighted by atomic mass is 79.9. The smallest absolute Gasteiger partial charge is 0.409 e. The van der Waals surface area contributed by atoms with Crippen LogP contribution in [0.1, 0.15) is 12.5 Å². The molecule has 0 spiro atoms. The number of carbonyl (C=O) groups is 1. The van der Waals surface area contributed by atoms with Gasteiger partial charge in [0.2, 0.25) is 0 Å². The molecular formula is C14H19BrN2O3. The highest BCUT2D eigenvalue weighted by Crippen LogP contribution is 2.26. The number of halogens is 1. The van der Waals surface area contributed by atoms with Gasteiger partial charge in [0.1, 0.15) is 0 Å². The summed E-state index contributed by atoms with van der Waals surface area (Å²) in [5, 5.41) is 9.42. The minimum atomic E-state index is -0.247. The van der Waals surface area contributed by atoms with Gasteiger partial charge in [-0.25, -0.2) is 4.79 Å². The largest absolute Gasteiger partial charge is 0.450 e. The highest BCUT2D eigenvalue weighted by Gasteiger charge is 2.23. The third-order valence-electron chi connectivity index (χ3n) is 3.36. The predicted molar refractivity (Wildman–Crippen MR) is 80.9 cm³/mol. The van der Waals surface area contributed by atoms with E-state index in [-0.39, 0.29) is 12.7 Å². The summed E-state index contributed by atoms with van der Waals surface area (Å²) in [6, 6.07) is 5.84. The van der Waals surface area contributed by atoms with Crippen molar-refractivity contribution in [3.63, 3.8) is 0 Å². The van der Waals surface area contributed by atoms with E-state index >= 15 is 0 Å². The molecule has 0 radical (unpaired) electrons. The molecule has 0 unspecified atom stereocenters. The molecule has 0 aromatic heterocycles. The molecule has 1 aromatic carbocycles. The zero-order valence-corrected chi connectivity index (χ0v) is 13.1. The van der Waals surface area contributed by atoms with Gasteiger partial charge < -0.3 is 19.6 Å². The fourth-order valence-electron chi connectivity index (χ4n) is 2.31. The summed E-state index contributed by atoms with van der Waals surface area (Å²) in [4.78, 5) is 15.6. The second-order valence-electron chi connectivity index (χ2n) is 4.60. The number of carbonyl (C=O) groups excluding carboxylic acids is 1. The normalized spacial score (nSPS) is 15.3. The van der Waals surface area contributed by atoms with Crippen LogP contribution < -0.4 is 4.90 Å². The fraction of sp³-hybridized carbons (Fsp3) is 0.500. The van der Waals surface area contributed by atoms with Gasteiger partial charge in [0.25, 0.3) is 0 Å². The van der Waals surface area contributed by atoms with Crippen LogP contribution in [0.4, 0.5) is 10.5 Å². The van der Waals surface area contributed by atoms with E-state index in [4.69, 9.17) is 4.74 Å². The number of aliphatic hydroxyl groups is 1. The van der Waals surface area contributed by atoms with Gasteiger partial charge in [0.05, 0.1) is 13.2 Å². The Kier molecular flexibility index (Phi) is 5.25. The number of rotatable bonds is 3. The molecule has 20 heavy (non-hydrogen) atoms. The van der Waals surface area contributed by atoms with Crippen molar-refractivity contribution in [3.8, 4) is 0 Å². The Balaban J connectivity index is 2.03. The van der Waals surface area contributed by atoms with Crippen molar-refractivity contribution in [2.75, 3.05) is 37.7 Å². The predicted octanol–water partition coefficient (Wildman–Crippen LogP) is 2.22. The average molecular weight is 343 g/mol. The van der Waals surface area contributed by atoms with Crippen molar-refractivity contribution in [1.29, 1.82) is 0 Å². The lowest BCUT2D eigenvalue weighted by molar-refractivity contribution is 0.105. The number of piperazine rings is 1. The summed E-state index contributed by atoms with van der Waals surface area (Å²) in [6.07, 6.45) is -0.247. The standard InChI is InChI=1S/C14H19BrN2O3/c1-2-20-14(19)17-7-5-16(6-8-17)13-9-12(15)4-3-11(13)10-18/h3-4,9,18H,2,5-8,10H2,1H3. The molecule has 0 aliphatic carbocycles. The van der Waals surface area contributed by atoms with Crippen LogP contribution >= 0.6 is 15.9 Å². The Hall–Kier alpha value is -1.27. The van der Waals surface area contributed by atoms with Crippen molar-refractivity contribution in [1.82, 2.24) is 4.90 Å². The summed E-state index contributed by atoms with van der Waals surface area (Å²) >= 11 is 3.45. The first-order valence-electron chi connectivity index (χ1n) is 6.71. The summed E-state index contributed by atoms with van der Waals surface area (Å²) in [7, 11) is 0. The fourth-order valence-corrected chi connectivity index (χ4v) is 2.66. The van der Waals surface area contributed by atoms with Crippen LogP contribution in [0.2, 0.25) is 0 Å². The van der Waals surface area contributed by atoms with Crippen molar-refractivity contribution in [2.45, 2.75) is 13.5 Å². The SMILES string of the molecule is CCOC(=O)N1CCN(c2cc(Br)ccc2CO)CC1. The van der Waals surface area contributed by atoms with Gasteiger partial charge in [0, 0.05) is 41.9 Å². The number of hydrogen-bond acceptors (Lipinski definition) is 4. The first kappa shape index (κ1) is 15.1. The van der Waals surface area contributed by atoms with Crippen LogP contribution in [0.25, 0.3) is 0 Å². The first-order valence-corrected chi connectivity index (χ1v) is 7.51. The molecule has 1 N–H and O–H groups in total. The number of ether oxygens (including phenoxy) is 1. The van der Waals surface area contributed by atoms with E-state index in [1.54, 1.807) is 4.90 Å². The summed E-state index contributed by atoms with van der Waals surface area (Å²) in [6.45, 7) is 4.97. The Labute approximate surface area is 127 Å². The lowest BCUT2D eigenvalue weighted by atomic mass is 10.1. The summed E-state index contributed by atoms with van der Waals surface area (Å²) < 4.78 is 5.99. The van der Waals surface area contributed by atoms with E-state index in [1.807, 2.05) is 25.1 Å². The van der Waals surface area contributed by atoms with E-state index < -0.39 is 0 Å². The molecule has 1 heterocycles. The number of hydrogen-bond donors (Lipinski definition) is 1. The van der Waals surface area contributed by atoms with Crippen LogP contribution in [0.15, 0.2) is 22.7 Å².